The molecule has 0 aliphatic heterocycles. The molecule has 0 atom stereocenters. The topological polar surface area (TPSA) is 54.4 Å². The third-order valence-corrected chi connectivity index (χ3v) is 5.47. The van der Waals surface area contributed by atoms with E-state index in [1.807, 2.05) is 6.08 Å². The highest BCUT2D eigenvalue weighted by Gasteiger charge is 2.01. The lowest BCUT2D eigenvalue weighted by molar-refractivity contribution is 0.481. The maximum absolute atomic E-state index is 10.5. The summed E-state index contributed by atoms with van der Waals surface area (Å²) in [4.78, 5) is 0. The number of hydrogen-bond donors (Lipinski definition) is 1. The van der Waals surface area contributed by atoms with Crippen molar-refractivity contribution in [3.63, 3.8) is 0 Å². The summed E-state index contributed by atoms with van der Waals surface area (Å²) in [6.07, 6.45) is 25.9. The zero-order valence-electron chi connectivity index (χ0n) is 16.6. The molecule has 0 aromatic rings. The quantitative estimate of drug-likeness (QED) is 0.149. The van der Waals surface area contributed by atoms with Gasteiger partial charge in [-0.1, -0.05) is 103 Å². The Balaban J connectivity index is 3.11. The van der Waals surface area contributed by atoms with E-state index in [4.69, 9.17) is 4.55 Å². The maximum Gasteiger partial charge on any atom is 0.264 e. The summed E-state index contributed by atoms with van der Waals surface area (Å²) in [5, 5.41) is 0. The van der Waals surface area contributed by atoms with Crippen LogP contribution in [0.15, 0.2) is 12.2 Å². The van der Waals surface area contributed by atoms with Crippen LogP contribution in [0.1, 0.15) is 116 Å². The second-order valence-corrected chi connectivity index (χ2v) is 8.86. The van der Waals surface area contributed by atoms with Gasteiger partial charge in [-0.25, -0.2) is 0 Å². The molecule has 3 nitrogen and oxygen atoms in total. The fourth-order valence-electron chi connectivity index (χ4n) is 3.08. The minimum absolute atomic E-state index is 0.129. The van der Waals surface area contributed by atoms with Gasteiger partial charge in [0.05, 0.1) is 5.75 Å². The van der Waals surface area contributed by atoms with E-state index in [2.05, 4.69) is 13.0 Å². The van der Waals surface area contributed by atoms with Gasteiger partial charge in [0.2, 0.25) is 0 Å². The molecular formula is C21H42O3S. The van der Waals surface area contributed by atoms with Crippen LogP contribution >= 0.6 is 0 Å². The van der Waals surface area contributed by atoms with Gasteiger partial charge in [-0.15, -0.1) is 0 Å². The van der Waals surface area contributed by atoms with Gasteiger partial charge < -0.3 is 0 Å². The van der Waals surface area contributed by atoms with Crippen molar-refractivity contribution in [1.29, 1.82) is 0 Å². The molecule has 0 radical (unpaired) electrons. The lowest BCUT2D eigenvalue weighted by Crippen LogP contribution is -2.02. The highest BCUT2D eigenvalue weighted by molar-refractivity contribution is 7.85. The van der Waals surface area contributed by atoms with Gasteiger partial charge in [0.1, 0.15) is 0 Å². The molecule has 0 spiro atoms. The van der Waals surface area contributed by atoms with Crippen molar-refractivity contribution in [1.82, 2.24) is 0 Å². The van der Waals surface area contributed by atoms with Crippen molar-refractivity contribution in [3.8, 4) is 0 Å². The van der Waals surface area contributed by atoms with E-state index < -0.39 is 10.1 Å². The first-order valence-corrected chi connectivity index (χ1v) is 12.3. The molecular weight excluding hydrogens is 332 g/mol. The first kappa shape index (κ1) is 24.7. The van der Waals surface area contributed by atoms with Gasteiger partial charge in [0, 0.05) is 0 Å². The standard InChI is InChI=1S/C21H42O3S/c1-2-3-4-5-6-7-8-9-10-11-12-13-14-15-16-17-18-19-20-21-25(22,23)24/h17-18H,2-16,19-21H2,1H3,(H,22,23,24). The Bertz CT molecular complexity index is 388. The summed E-state index contributed by atoms with van der Waals surface area (Å²) < 4.78 is 29.7. The molecule has 0 saturated carbocycles. The van der Waals surface area contributed by atoms with Gasteiger partial charge in [0.25, 0.3) is 10.1 Å². The number of allylic oxidation sites excluding steroid dienone is 2. The van der Waals surface area contributed by atoms with Gasteiger partial charge in [-0.2, -0.15) is 8.42 Å². The van der Waals surface area contributed by atoms with Crippen molar-refractivity contribution >= 4 is 10.1 Å². The molecule has 150 valence electrons. The van der Waals surface area contributed by atoms with E-state index in [9.17, 15) is 8.42 Å². The molecule has 0 saturated heterocycles. The molecule has 1 N–H and O–H groups in total. The van der Waals surface area contributed by atoms with Gasteiger partial charge in [-0.05, 0) is 25.7 Å². The number of unbranched alkanes of at least 4 members (excludes halogenated alkanes) is 15. The number of hydrogen-bond acceptors (Lipinski definition) is 2. The Morgan fingerprint density at radius 2 is 0.960 bits per heavy atom. The summed E-state index contributed by atoms with van der Waals surface area (Å²) in [6.45, 7) is 2.27. The van der Waals surface area contributed by atoms with Crippen LogP contribution < -0.4 is 0 Å². The van der Waals surface area contributed by atoms with Crippen LogP contribution in [0.25, 0.3) is 0 Å². The van der Waals surface area contributed by atoms with Crippen LogP contribution in [-0.2, 0) is 10.1 Å². The molecule has 0 unspecified atom stereocenters. The van der Waals surface area contributed by atoms with E-state index in [1.165, 1.54) is 89.9 Å². The molecule has 0 aromatic carbocycles. The monoisotopic (exact) mass is 374 g/mol. The van der Waals surface area contributed by atoms with Gasteiger partial charge in [-0.3, -0.25) is 4.55 Å². The summed E-state index contributed by atoms with van der Waals surface area (Å²) in [5.41, 5.74) is 0. The Kier molecular flexibility index (Phi) is 18.2. The maximum atomic E-state index is 10.5. The Morgan fingerprint density at radius 1 is 0.600 bits per heavy atom. The SMILES string of the molecule is CCCCCCCCCCCCCCCCC=CCCCS(=O)(=O)O. The predicted octanol–water partition coefficient (Wildman–Crippen LogP) is 7.08. The molecule has 0 heterocycles. The van der Waals surface area contributed by atoms with Gasteiger partial charge in [0.15, 0.2) is 0 Å². The largest absolute Gasteiger partial charge is 0.286 e. The molecule has 0 aliphatic rings. The minimum Gasteiger partial charge on any atom is -0.286 e. The van der Waals surface area contributed by atoms with Crippen LogP contribution in [0.5, 0.6) is 0 Å². The summed E-state index contributed by atoms with van der Waals surface area (Å²) in [6, 6.07) is 0. The lowest BCUT2D eigenvalue weighted by atomic mass is 10.0. The predicted molar refractivity (Wildman–Crippen MR) is 110 cm³/mol. The Hall–Kier alpha value is -0.350. The highest BCUT2D eigenvalue weighted by Crippen LogP contribution is 2.13. The summed E-state index contributed by atoms with van der Waals surface area (Å²) >= 11 is 0. The van der Waals surface area contributed by atoms with Gasteiger partial charge >= 0.3 is 0 Å². The summed E-state index contributed by atoms with van der Waals surface area (Å²) in [7, 11) is -3.78. The number of rotatable bonds is 19. The minimum atomic E-state index is -3.78. The fourth-order valence-corrected chi connectivity index (χ4v) is 3.61. The molecule has 0 amide bonds. The first-order valence-electron chi connectivity index (χ1n) is 10.7. The normalized spacial score (nSPS) is 12.2. The van der Waals surface area contributed by atoms with E-state index in [-0.39, 0.29) is 5.75 Å². The zero-order chi connectivity index (χ0) is 18.6. The molecule has 0 fully saturated rings. The van der Waals surface area contributed by atoms with Crippen molar-refractivity contribution in [2.45, 2.75) is 116 Å². The Labute approximate surface area is 157 Å². The second kappa shape index (κ2) is 18.4. The third-order valence-electron chi connectivity index (χ3n) is 4.66. The van der Waals surface area contributed by atoms with Crippen LogP contribution in [0.2, 0.25) is 0 Å². The third kappa shape index (κ3) is 23.6. The second-order valence-electron chi connectivity index (χ2n) is 7.28. The van der Waals surface area contributed by atoms with Crippen LogP contribution in [0, 0.1) is 0 Å². The zero-order valence-corrected chi connectivity index (χ0v) is 17.4. The molecule has 0 aliphatic carbocycles. The Morgan fingerprint density at radius 3 is 1.36 bits per heavy atom. The smallest absolute Gasteiger partial charge is 0.264 e. The van der Waals surface area contributed by atoms with Crippen LogP contribution in [0.4, 0.5) is 0 Å². The molecule has 0 rings (SSSR count). The van der Waals surface area contributed by atoms with Crippen molar-refractivity contribution in [2.75, 3.05) is 5.75 Å². The van der Waals surface area contributed by atoms with Crippen LogP contribution in [-0.4, -0.2) is 18.7 Å². The average molecular weight is 375 g/mol. The molecule has 25 heavy (non-hydrogen) atoms. The highest BCUT2D eigenvalue weighted by atomic mass is 32.2. The van der Waals surface area contributed by atoms with E-state index in [1.54, 1.807) is 0 Å². The molecule has 4 heteroatoms. The molecule has 0 aromatic heterocycles. The van der Waals surface area contributed by atoms with Crippen molar-refractivity contribution < 1.29 is 13.0 Å². The van der Waals surface area contributed by atoms with E-state index in [0.717, 1.165) is 12.8 Å². The van der Waals surface area contributed by atoms with E-state index >= 15 is 0 Å². The lowest BCUT2D eigenvalue weighted by Gasteiger charge is -2.02. The first-order chi connectivity index (χ1) is 12.1. The van der Waals surface area contributed by atoms with E-state index in [0.29, 0.717) is 6.42 Å². The van der Waals surface area contributed by atoms with Crippen LogP contribution in [0.3, 0.4) is 0 Å². The van der Waals surface area contributed by atoms with Crippen molar-refractivity contribution in [3.05, 3.63) is 12.2 Å². The fraction of sp³-hybridized carbons (Fsp3) is 0.905. The average Bonchev–Trinajstić information content (AvgIpc) is 2.56. The summed E-state index contributed by atoms with van der Waals surface area (Å²) in [5.74, 6) is -0.129. The van der Waals surface area contributed by atoms with Crippen molar-refractivity contribution in [2.24, 2.45) is 0 Å². The molecule has 0 bridgehead atoms.